The fourth-order valence-electron chi connectivity index (χ4n) is 2.79. The van der Waals surface area contributed by atoms with Crippen LogP contribution in [0.3, 0.4) is 0 Å². The van der Waals surface area contributed by atoms with E-state index in [0.29, 0.717) is 5.58 Å². The Morgan fingerprint density at radius 2 is 1.81 bits per heavy atom. The summed E-state index contributed by atoms with van der Waals surface area (Å²) in [6.45, 7) is 2.14. The Labute approximate surface area is 123 Å². The highest BCUT2D eigenvalue weighted by Crippen LogP contribution is 2.34. The molecule has 1 heterocycles. The van der Waals surface area contributed by atoms with Gasteiger partial charge in [0.05, 0.1) is 6.04 Å². The molecule has 1 aromatic heterocycles. The number of hydrogen-bond acceptors (Lipinski definition) is 2. The number of hydrogen-bond donors (Lipinski definition) is 1. The Morgan fingerprint density at radius 3 is 2.48 bits per heavy atom. The summed E-state index contributed by atoms with van der Waals surface area (Å²) in [4.78, 5) is 0. The Bertz CT molecular complexity index is 735. The molecule has 2 nitrogen and oxygen atoms in total. The van der Waals surface area contributed by atoms with Crippen molar-refractivity contribution in [2.45, 2.75) is 18.9 Å². The third kappa shape index (κ3) is 2.57. The van der Waals surface area contributed by atoms with Crippen LogP contribution in [0.1, 0.15) is 30.2 Å². The molecule has 21 heavy (non-hydrogen) atoms. The van der Waals surface area contributed by atoms with E-state index in [0.717, 1.165) is 11.1 Å². The monoisotopic (exact) mass is 283 g/mol. The van der Waals surface area contributed by atoms with Crippen molar-refractivity contribution in [2.24, 2.45) is 0 Å². The van der Waals surface area contributed by atoms with E-state index in [1.165, 1.54) is 11.6 Å². The van der Waals surface area contributed by atoms with Crippen molar-refractivity contribution >= 4 is 11.0 Å². The molecule has 0 saturated heterocycles. The van der Waals surface area contributed by atoms with Crippen LogP contribution in [0.4, 0.5) is 4.39 Å². The minimum Gasteiger partial charge on any atom is -0.456 e. The van der Waals surface area contributed by atoms with Gasteiger partial charge in [0.2, 0.25) is 0 Å². The van der Waals surface area contributed by atoms with Crippen LogP contribution in [0.2, 0.25) is 0 Å². The fraction of sp³-hybridized carbons (Fsp3) is 0.222. The zero-order chi connectivity index (χ0) is 14.8. The standard InChI is InChI=1S/C18H18FNO/c1-12(13-7-4-3-5-8-13)17(20-2)16-11-14-9-6-10-15(19)18(14)21-16/h3-12,17,20H,1-2H3. The quantitative estimate of drug-likeness (QED) is 0.754. The third-order valence-corrected chi connectivity index (χ3v) is 3.96. The van der Waals surface area contributed by atoms with Gasteiger partial charge < -0.3 is 9.73 Å². The summed E-state index contributed by atoms with van der Waals surface area (Å²) in [5, 5.41) is 4.08. The molecular weight excluding hydrogens is 265 g/mol. The summed E-state index contributed by atoms with van der Waals surface area (Å²) in [5.74, 6) is 0.662. The molecule has 0 amide bonds. The van der Waals surface area contributed by atoms with Gasteiger partial charge in [-0.05, 0) is 24.7 Å². The van der Waals surface area contributed by atoms with Gasteiger partial charge in [0, 0.05) is 11.3 Å². The van der Waals surface area contributed by atoms with Gasteiger partial charge in [-0.25, -0.2) is 4.39 Å². The van der Waals surface area contributed by atoms with E-state index >= 15 is 0 Å². The molecule has 0 saturated carbocycles. The predicted molar refractivity (Wildman–Crippen MR) is 82.8 cm³/mol. The van der Waals surface area contributed by atoms with Crippen molar-refractivity contribution in [1.29, 1.82) is 0 Å². The van der Waals surface area contributed by atoms with Crippen molar-refractivity contribution in [1.82, 2.24) is 5.32 Å². The largest absolute Gasteiger partial charge is 0.456 e. The second-order valence-electron chi connectivity index (χ2n) is 5.27. The van der Waals surface area contributed by atoms with Crippen molar-refractivity contribution in [2.75, 3.05) is 7.05 Å². The first kappa shape index (κ1) is 13.8. The SMILES string of the molecule is CNC(c1cc2cccc(F)c2o1)C(C)c1ccccc1. The summed E-state index contributed by atoms with van der Waals surface area (Å²) < 4.78 is 19.5. The topological polar surface area (TPSA) is 25.2 Å². The molecule has 0 aliphatic carbocycles. The number of para-hydroxylation sites is 1. The molecule has 3 rings (SSSR count). The van der Waals surface area contributed by atoms with Crippen LogP contribution in [0.25, 0.3) is 11.0 Å². The van der Waals surface area contributed by atoms with Crippen molar-refractivity contribution in [3.8, 4) is 0 Å². The van der Waals surface area contributed by atoms with Crippen molar-refractivity contribution in [3.05, 3.63) is 71.7 Å². The van der Waals surface area contributed by atoms with Gasteiger partial charge in [-0.3, -0.25) is 0 Å². The number of benzene rings is 2. The molecule has 3 heteroatoms. The molecular formula is C18H18FNO. The van der Waals surface area contributed by atoms with E-state index in [4.69, 9.17) is 4.42 Å². The highest BCUT2D eigenvalue weighted by atomic mass is 19.1. The molecule has 0 spiro atoms. The summed E-state index contributed by atoms with van der Waals surface area (Å²) in [5.41, 5.74) is 1.55. The number of fused-ring (bicyclic) bond motifs is 1. The molecule has 0 bridgehead atoms. The molecule has 0 aliphatic heterocycles. The lowest BCUT2D eigenvalue weighted by atomic mass is 9.92. The number of rotatable bonds is 4. The van der Waals surface area contributed by atoms with Gasteiger partial charge in [0.25, 0.3) is 0 Å². The highest BCUT2D eigenvalue weighted by molar-refractivity contribution is 5.78. The Morgan fingerprint density at radius 1 is 1.05 bits per heavy atom. The van der Waals surface area contributed by atoms with Crippen LogP contribution < -0.4 is 5.32 Å². The zero-order valence-corrected chi connectivity index (χ0v) is 12.1. The molecule has 0 aliphatic rings. The minimum absolute atomic E-state index is 0.000741. The molecule has 1 N–H and O–H groups in total. The number of halogens is 1. The zero-order valence-electron chi connectivity index (χ0n) is 12.1. The second kappa shape index (κ2) is 5.70. The lowest BCUT2D eigenvalue weighted by Gasteiger charge is -2.22. The number of likely N-dealkylation sites (N-methyl/N-ethyl adjacent to an activating group) is 1. The van der Waals surface area contributed by atoms with Crippen LogP contribution in [0.5, 0.6) is 0 Å². The lowest BCUT2D eigenvalue weighted by Crippen LogP contribution is -2.21. The average molecular weight is 283 g/mol. The Balaban J connectivity index is 2.00. The smallest absolute Gasteiger partial charge is 0.169 e. The van der Waals surface area contributed by atoms with Gasteiger partial charge in [-0.1, -0.05) is 49.4 Å². The first-order valence-electron chi connectivity index (χ1n) is 7.11. The predicted octanol–water partition coefficient (Wildman–Crippen LogP) is 4.64. The van der Waals surface area contributed by atoms with E-state index in [1.807, 2.05) is 37.4 Å². The van der Waals surface area contributed by atoms with E-state index in [2.05, 4.69) is 24.4 Å². The summed E-state index contributed by atoms with van der Waals surface area (Å²) in [6.07, 6.45) is 0. The van der Waals surface area contributed by atoms with Crippen LogP contribution in [0, 0.1) is 5.82 Å². The van der Waals surface area contributed by atoms with Gasteiger partial charge in [-0.2, -0.15) is 0 Å². The lowest BCUT2D eigenvalue weighted by molar-refractivity contribution is 0.405. The van der Waals surface area contributed by atoms with Crippen LogP contribution >= 0.6 is 0 Å². The third-order valence-electron chi connectivity index (χ3n) is 3.96. The van der Waals surface area contributed by atoms with Gasteiger partial charge >= 0.3 is 0 Å². The van der Waals surface area contributed by atoms with Crippen molar-refractivity contribution in [3.63, 3.8) is 0 Å². The maximum Gasteiger partial charge on any atom is 0.169 e. The van der Waals surface area contributed by atoms with E-state index < -0.39 is 0 Å². The minimum atomic E-state index is -0.319. The van der Waals surface area contributed by atoms with Gasteiger partial charge in [0.15, 0.2) is 11.4 Å². The van der Waals surface area contributed by atoms with Crippen molar-refractivity contribution < 1.29 is 8.81 Å². The normalized spacial score (nSPS) is 14.2. The second-order valence-corrected chi connectivity index (χ2v) is 5.27. The molecule has 0 radical (unpaired) electrons. The molecule has 2 atom stereocenters. The Kier molecular flexibility index (Phi) is 3.76. The maximum absolute atomic E-state index is 13.8. The first-order valence-corrected chi connectivity index (χ1v) is 7.11. The van der Waals surface area contributed by atoms with Gasteiger partial charge in [-0.15, -0.1) is 0 Å². The average Bonchev–Trinajstić information content (AvgIpc) is 2.94. The number of furan rings is 1. The van der Waals surface area contributed by atoms with Crippen LogP contribution in [-0.4, -0.2) is 7.05 Å². The summed E-state index contributed by atoms with van der Waals surface area (Å²) in [6, 6.07) is 17.1. The van der Waals surface area contributed by atoms with Crippen LogP contribution in [0.15, 0.2) is 59.0 Å². The van der Waals surface area contributed by atoms with E-state index in [-0.39, 0.29) is 17.8 Å². The molecule has 108 valence electrons. The summed E-state index contributed by atoms with van der Waals surface area (Å²) in [7, 11) is 1.90. The van der Waals surface area contributed by atoms with Crippen LogP contribution in [-0.2, 0) is 0 Å². The first-order chi connectivity index (χ1) is 10.2. The fourth-order valence-corrected chi connectivity index (χ4v) is 2.79. The number of nitrogens with one attached hydrogen (secondary N) is 1. The maximum atomic E-state index is 13.8. The Hall–Kier alpha value is -2.13. The van der Waals surface area contributed by atoms with E-state index in [9.17, 15) is 4.39 Å². The summed E-state index contributed by atoms with van der Waals surface area (Å²) >= 11 is 0. The van der Waals surface area contributed by atoms with E-state index in [1.54, 1.807) is 6.07 Å². The molecule has 2 aromatic carbocycles. The molecule has 0 fully saturated rings. The molecule has 3 aromatic rings. The van der Waals surface area contributed by atoms with Gasteiger partial charge in [0.1, 0.15) is 5.76 Å². The highest BCUT2D eigenvalue weighted by Gasteiger charge is 2.23. The molecule has 2 unspecified atom stereocenters.